The number of amides is 1. The molecule has 2 aromatic rings. The van der Waals surface area contributed by atoms with Gasteiger partial charge in [-0.05, 0) is 19.1 Å². The first-order chi connectivity index (χ1) is 8.20. The summed E-state index contributed by atoms with van der Waals surface area (Å²) in [5, 5.41) is 11.9. The van der Waals surface area contributed by atoms with Crippen molar-refractivity contribution in [3.8, 4) is 0 Å². The van der Waals surface area contributed by atoms with E-state index in [-0.39, 0.29) is 12.5 Å². The van der Waals surface area contributed by atoms with Gasteiger partial charge in [-0.15, -0.1) is 0 Å². The van der Waals surface area contributed by atoms with E-state index >= 15 is 0 Å². The highest BCUT2D eigenvalue weighted by Gasteiger charge is 2.10. The molecule has 1 aromatic heterocycles. The molecule has 0 radical (unpaired) electrons. The topological polar surface area (TPSA) is 62.5 Å². The molecule has 2 rings (SSSR count). The van der Waals surface area contributed by atoms with Gasteiger partial charge in [-0.1, -0.05) is 18.2 Å². The van der Waals surface area contributed by atoms with Gasteiger partial charge in [0.2, 0.25) is 0 Å². The summed E-state index contributed by atoms with van der Waals surface area (Å²) in [4.78, 5) is 11.8. The molecule has 4 nitrogen and oxygen atoms in total. The first-order valence-corrected chi connectivity index (χ1v) is 5.26. The molecule has 0 saturated carbocycles. The Morgan fingerprint density at radius 2 is 2.18 bits per heavy atom. The summed E-state index contributed by atoms with van der Waals surface area (Å²) in [6.07, 6.45) is 1.41. The lowest BCUT2D eigenvalue weighted by Crippen LogP contribution is -2.12. The number of aliphatic hydroxyl groups excluding tert-OH is 1. The first kappa shape index (κ1) is 11.4. The number of aryl methyl sites for hydroxylation is 1. The zero-order valence-corrected chi connectivity index (χ0v) is 9.43. The van der Waals surface area contributed by atoms with Crippen molar-refractivity contribution in [3.05, 3.63) is 53.5 Å². The van der Waals surface area contributed by atoms with Crippen molar-refractivity contribution >= 4 is 11.6 Å². The van der Waals surface area contributed by atoms with E-state index in [1.807, 2.05) is 6.07 Å². The van der Waals surface area contributed by atoms with Crippen LogP contribution in [0.5, 0.6) is 0 Å². The van der Waals surface area contributed by atoms with Gasteiger partial charge in [-0.25, -0.2) is 0 Å². The second kappa shape index (κ2) is 4.84. The van der Waals surface area contributed by atoms with Gasteiger partial charge in [-0.2, -0.15) is 0 Å². The van der Waals surface area contributed by atoms with Gasteiger partial charge in [0.1, 0.15) is 12.0 Å². The maximum absolute atomic E-state index is 11.8. The van der Waals surface area contributed by atoms with Gasteiger partial charge in [-0.3, -0.25) is 4.79 Å². The molecular formula is C13H13NO3. The van der Waals surface area contributed by atoms with E-state index in [0.717, 1.165) is 0 Å². The van der Waals surface area contributed by atoms with Crippen molar-refractivity contribution in [2.24, 2.45) is 0 Å². The van der Waals surface area contributed by atoms with Crippen LogP contribution in [-0.2, 0) is 6.61 Å². The van der Waals surface area contributed by atoms with Crippen molar-refractivity contribution in [1.82, 2.24) is 0 Å². The molecular weight excluding hydrogens is 218 g/mol. The van der Waals surface area contributed by atoms with Crippen molar-refractivity contribution < 1.29 is 14.3 Å². The lowest BCUT2D eigenvalue weighted by atomic mass is 10.2. The number of nitrogens with one attached hydrogen (secondary N) is 1. The quantitative estimate of drug-likeness (QED) is 0.852. The molecule has 0 aliphatic rings. The minimum Gasteiger partial charge on any atom is -0.469 e. The standard InChI is InChI=1S/C13H13NO3/c1-9-6-11(8-17-9)13(16)14-12-5-3-2-4-10(12)7-15/h2-6,8,15H,7H2,1H3,(H,14,16). The van der Waals surface area contributed by atoms with Crippen molar-refractivity contribution in [3.63, 3.8) is 0 Å². The van der Waals surface area contributed by atoms with Gasteiger partial charge in [0.15, 0.2) is 0 Å². The van der Waals surface area contributed by atoms with E-state index in [1.54, 1.807) is 31.2 Å². The number of rotatable bonds is 3. The zero-order chi connectivity index (χ0) is 12.3. The van der Waals surface area contributed by atoms with Crippen LogP contribution in [0.25, 0.3) is 0 Å². The third-order valence-corrected chi connectivity index (χ3v) is 2.43. The average Bonchev–Trinajstić information content (AvgIpc) is 2.77. The van der Waals surface area contributed by atoms with Gasteiger partial charge in [0.25, 0.3) is 5.91 Å². The zero-order valence-electron chi connectivity index (χ0n) is 9.43. The summed E-state index contributed by atoms with van der Waals surface area (Å²) in [6.45, 7) is 1.67. The van der Waals surface area contributed by atoms with Crippen molar-refractivity contribution in [2.45, 2.75) is 13.5 Å². The minimum atomic E-state index is -0.247. The Labute approximate surface area is 98.9 Å². The molecule has 88 valence electrons. The maximum Gasteiger partial charge on any atom is 0.258 e. The van der Waals surface area contributed by atoms with Gasteiger partial charge in [0.05, 0.1) is 12.2 Å². The predicted octanol–water partition coefficient (Wildman–Crippen LogP) is 2.33. The maximum atomic E-state index is 11.8. The molecule has 1 aromatic carbocycles. The Bertz CT molecular complexity index is 531. The summed E-state index contributed by atoms with van der Waals surface area (Å²) < 4.78 is 5.07. The highest BCUT2D eigenvalue weighted by atomic mass is 16.3. The van der Waals surface area contributed by atoms with Crippen LogP contribution >= 0.6 is 0 Å². The van der Waals surface area contributed by atoms with E-state index < -0.39 is 0 Å². The summed E-state index contributed by atoms with van der Waals surface area (Å²) >= 11 is 0. The summed E-state index contributed by atoms with van der Waals surface area (Å²) in [7, 11) is 0. The lowest BCUT2D eigenvalue weighted by molar-refractivity contribution is 0.102. The molecule has 1 heterocycles. The molecule has 0 atom stereocenters. The molecule has 0 saturated heterocycles. The molecule has 0 spiro atoms. The lowest BCUT2D eigenvalue weighted by Gasteiger charge is -2.07. The molecule has 0 bridgehead atoms. The third-order valence-electron chi connectivity index (χ3n) is 2.43. The van der Waals surface area contributed by atoms with Crippen molar-refractivity contribution in [2.75, 3.05) is 5.32 Å². The number of furan rings is 1. The molecule has 1 amide bonds. The van der Waals surface area contributed by atoms with E-state index in [4.69, 9.17) is 9.52 Å². The fourth-order valence-corrected chi connectivity index (χ4v) is 1.54. The Kier molecular flexibility index (Phi) is 3.25. The monoisotopic (exact) mass is 231 g/mol. The van der Waals surface area contributed by atoms with Crippen molar-refractivity contribution in [1.29, 1.82) is 0 Å². The van der Waals surface area contributed by atoms with Gasteiger partial charge < -0.3 is 14.8 Å². The number of aliphatic hydroxyl groups is 1. The van der Waals surface area contributed by atoms with E-state index in [0.29, 0.717) is 22.6 Å². The summed E-state index contributed by atoms with van der Waals surface area (Å²) in [5.74, 6) is 0.438. The van der Waals surface area contributed by atoms with Crippen LogP contribution in [0.15, 0.2) is 41.0 Å². The number of hydrogen-bond acceptors (Lipinski definition) is 3. The fourth-order valence-electron chi connectivity index (χ4n) is 1.54. The SMILES string of the molecule is Cc1cc(C(=O)Nc2ccccc2CO)co1. The normalized spacial score (nSPS) is 10.2. The van der Waals surface area contributed by atoms with Crippen LogP contribution in [0.1, 0.15) is 21.7 Å². The van der Waals surface area contributed by atoms with Gasteiger partial charge in [0, 0.05) is 11.3 Å². The van der Waals surface area contributed by atoms with Crippen LogP contribution in [0.2, 0.25) is 0 Å². The molecule has 0 unspecified atom stereocenters. The molecule has 2 N–H and O–H groups in total. The Hall–Kier alpha value is -2.07. The van der Waals surface area contributed by atoms with Gasteiger partial charge >= 0.3 is 0 Å². The van der Waals surface area contributed by atoms with E-state index in [1.165, 1.54) is 6.26 Å². The second-order valence-corrected chi connectivity index (χ2v) is 3.72. The van der Waals surface area contributed by atoms with Crippen LogP contribution in [-0.4, -0.2) is 11.0 Å². The molecule has 17 heavy (non-hydrogen) atoms. The number of anilines is 1. The Balaban J connectivity index is 2.18. The third kappa shape index (κ3) is 2.54. The van der Waals surface area contributed by atoms with Crippen LogP contribution < -0.4 is 5.32 Å². The second-order valence-electron chi connectivity index (χ2n) is 3.72. The van der Waals surface area contributed by atoms with Crippen LogP contribution in [0.4, 0.5) is 5.69 Å². The number of hydrogen-bond donors (Lipinski definition) is 2. The van der Waals surface area contributed by atoms with E-state index in [2.05, 4.69) is 5.32 Å². The summed E-state index contributed by atoms with van der Waals surface area (Å²) in [6, 6.07) is 8.78. The highest BCUT2D eigenvalue weighted by molar-refractivity contribution is 6.04. The first-order valence-electron chi connectivity index (χ1n) is 5.26. The molecule has 0 aliphatic carbocycles. The Morgan fingerprint density at radius 3 is 2.82 bits per heavy atom. The Morgan fingerprint density at radius 1 is 1.41 bits per heavy atom. The number of carbonyl (C=O) groups is 1. The number of para-hydroxylation sites is 1. The smallest absolute Gasteiger partial charge is 0.258 e. The van der Waals surface area contributed by atoms with Crippen LogP contribution in [0.3, 0.4) is 0 Å². The fraction of sp³-hybridized carbons (Fsp3) is 0.154. The molecule has 0 aliphatic heterocycles. The molecule has 4 heteroatoms. The number of carbonyl (C=O) groups excluding carboxylic acids is 1. The van der Waals surface area contributed by atoms with E-state index in [9.17, 15) is 4.79 Å². The predicted molar refractivity (Wildman–Crippen MR) is 63.8 cm³/mol. The largest absolute Gasteiger partial charge is 0.469 e. The minimum absolute atomic E-state index is 0.110. The average molecular weight is 231 g/mol. The summed E-state index contributed by atoms with van der Waals surface area (Å²) in [5.41, 5.74) is 1.76. The number of benzene rings is 1. The highest BCUT2D eigenvalue weighted by Crippen LogP contribution is 2.16. The van der Waals surface area contributed by atoms with Crippen LogP contribution in [0, 0.1) is 6.92 Å². The molecule has 0 fully saturated rings.